The van der Waals surface area contributed by atoms with Gasteiger partial charge in [0.25, 0.3) is 0 Å². The molecule has 4 nitrogen and oxygen atoms in total. The van der Waals surface area contributed by atoms with Crippen LogP contribution in [0.5, 0.6) is 0 Å². The number of aliphatic hydroxyl groups is 1. The van der Waals surface area contributed by atoms with Gasteiger partial charge in [-0.2, -0.15) is 0 Å². The molecule has 1 fully saturated rings. The third-order valence-electron chi connectivity index (χ3n) is 2.87. The average Bonchev–Trinajstić information content (AvgIpc) is 2.85. The van der Waals surface area contributed by atoms with Crippen LogP contribution in [0, 0.1) is 5.41 Å². The highest BCUT2D eigenvalue weighted by molar-refractivity contribution is 5.77. The van der Waals surface area contributed by atoms with Gasteiger partial charge in [-0.05, 0) is 24.7 Å². The molecule has 0 aromatic carbocycles. The number of nitrogens with zero attached hydrogens (tertiary/aromatic N) is 1. The van der Waals surface area contributed by atoms with Gasteiger partial charge in [0.05, 0.1) is 6.54 Å². The van der Waals surface area contributed by atoms with Crippen LogP contribution in [-0.4, -0.2) is 49.7 Å². The van der Waals surface area contributed by atoms with Crippen LogP contribution in [0.15, 0.2) is 0 Å². The minimum absolute atomic E-state index is 0.102. The third-order valence-corrected chi connectivity index (χ3v) is 2.87. The standard InChI is InChI=1S/C10H20N2O2/c1-12(2)9(14)7-11-8-10(3-4-10)5-6-13/h11,13H,3-8H2,1-2H3. The van der Waals surface area contributed by atoms with Crippen LogP contribution in [0.4, 0.5) is 0 Å². The zero-order valence-electron chi connectivity index (χ0n) is 9.05. The van der Waals surface area contributed by atoms with Crippen molar-refractivity contribution in [2.24, 2.45) is 5.41 Å². The Bertz CT molecular complexity index is 200. The van der Waals surface area contributed by atoms with Crippen molar-refractivity contribution < 1.29 is 9.90 Å². The van der Waals surface area contributed by atoms with Gasteiger partial charge in [-0.25, -0.2) is 0 Å². The van der Waals surface area contributed by atoms with E-state index in [1.165, 1.54) is 12.8 Å². The Labute approximate surface area is 85.3 Å². The maximum atomic E-state index is 11.2. The molecule has 1 rings (SSSR count). The van der Waals surface area contributed by atoms with Gasteiger partial charge in [0, 0.05) is 27.2 Å². The third kappa shape index (κ3) is 3.27. The lowest BCUT2D eigenvalue weighted by atomic mass is 10.0. The molecule has 1 amide bonds. The molecule has 82 valence electrons. The fraction of sp³-hybridized carbons (Fsp3) is 0.900. The Hall–Kier alpha value is -0.610. The normalized spacial score (nSPS) is 17.9. The molecule has 0 atom stereocenters. The van der Waals surface area contributed by atoms with E-state index in [2.05, 4.69) is 5.32 Å². The first-order chi connectivity index (χ1) is 6.59. The monoisotopic (exact) mass is 200 g/mol. The summed E-state index contributed by atoms with van der Waals surface area (Å²) in [5, 5.41) is 12.0. The number of carbonyl (C=O) groups excluding carboxylic acids is 1. The molecule has 0 aromatic rings. The molecule has 0 bridgehead atoms. The van der Waals surface area contributed by atoms with Crippen molar-refractivity contribution in [3.05, 3.63) is 0 Å². The van der Waals surface area contributed by atoms with E-state index in [9.17, 15) is 4.79 Å². The number of rotatable bonds is 6. The molecule has 0 heterocycles. The highest BCUT2D eigenvalue weighted by Gasteiger charge is 2.41. The van der Waals surface area contributed by atoms with Crippen LogP contribution in [0.2, 0.25) is 0 Å². The van der Waals surface area contributed by atoms with Crippen LogP contribution in [0.1, 0.15) is 19.3 Å². The van der Waals surface area contributed by atoms with Gasteiger partial charge in [0.2, 0.25) is 5.91 Å². The zero-order chi connectivity index (χ0) is 10.6. The van der Waals surface area contributed by atoms with Crippen molar-refractivity contribution in [2.75, 3.05) is 33.8 Å². The summed E-state index contributed by atoms with van der Waals surface area (Å²) < 4.78 is 0. The molecule has 1 aliphatic rings. The zero-order valence-corrected chi connectivity index (χ0v) is 9.05. The van der Waals surface area contributed by atoms with Crippen molar-refractivity contribution in [1.29, 1.82) is 0 Å². The summed E-state index contributed by atoms with van der Waals surface area (Å²) in [6, 6.07) is 0. The largest absolute Gasteiger partial charge is 0.396 e. The Balaban J connectivity index is 2.12. The summed E-state index contributed by atoms with van der Waals surface area (Å²) in [6.45, 7) is 1.51. The van der Waals surface area contributed by atoms with Gasteiger partial charge in [0.15, 0.2) is 0 Å². The van der Waals surface area contributed by atoms with E-state index in [0.29, 0.717) is 12.0 Å². The van der Waals surface area contributed by atoms with Gasteiger partial charge in [-0.1, -0.05) is 0 Å². The molecule has 0 unspecified atom stereocenters. The summed E-state index contributed by atoms with van der Waals surface area (Å²) in [5.74, 6) is 0.102. The highest BCUT2D eigenvalue weighted by Crippen LogP contribution is 2.47. The fourth-order valence-corrected chi connectivity index (χ4v) is 1.52. The number of hydrogen-bond acceptors (Lipinski definition) is 3. The average molecular weight is 200 g/mol. The number of likely N-dealkylation sites (N-methyl/N-ethyl adjacent to an activating group) is 1. The molecule has 0 radical (unpaired) electrons. The summed E-state index contributed by atoms with van der Waals surface area (Å²) in [5.41, 5.74) is 0.293. The second-order valence-corrected chi connectivity index (χ2v) is 4.37. The van der Waals surface area contributed by atoms with Crippen molar-refractivity contribution in [3.8, 4) is 0 Å². The van der Waals surface area contributed by atoms with Gasteiger partial charge in [-0.15, -0.1) is 0 Å². The first kappa shape index (κ1) is 11.5. The molecule has 0 saturated heterocycles. The van der Waals surface area contributed by atoms with Crippen LogP contribution in [0.3, 0.4) is 0 Å². The first-order valence-electron chi connectivity index (χ1n) is 5.11. The molecular formula is C10H20N2O2. The number of hydrogen-bond donors (Lipinski definition) is 2. The lowest BCUT2D eigenvalue weighted by Crippen LogP contribution is -2.36. The predicted molar refractivity (Wildman–Crippen MR) is 54.9 cm³/mol. The highest BCUT2D eigenvalue weighted by atomic mass is 16.3. The summed E-state index contributed by atoms with van der Waals surface area (Å²) >= 11 is 0. The van der Waals surface area contributed by atoms with E-state index in [0.717, 1.165) is 13.0 Å². The SMILES string of the molecule is CN(C)C(=O)CNCC1(CCO)CC1. The van der Waals surface area contributed by atoms with Gasteiger partial charge in [-0.3, -0.25) is 4.79 Å². The fourth-order valence-electron chi connectivity index (χ4n) is 1.52. The molecule has 14 heavy (non-hydrogen) atoms. The van der Waals surface area contributed by atoms with Crippen molar-refractivity contribution in [2.45, 2.75) is 19.3 Å². The number of nitrogens with one attached hydrogen (secondary N) is 1. The lowest BCUT2D eigenvalue weighted by Gasteiger charge is -2.16. The number of carbonyl (C=O) groups is 1. The molecule has 0 aromatic heterocycles. The van der Waals surface area contributed by atoms with E-state index in [1.54, 1.807) is 19.0 Å². The molecular weight excluding hydrogens is 180 g/mol. The molecule has 4 heteroatoms. The topological polar surface area (TPSA) is 52.6 Å². The molecule has 1 saturated carbocycles. The first-order valence-corrected chi connectivity index (χ1v) is 5.11. The van der Waals surface area contributed by atoms with Crippen LogP contribution in [-0.2, 0) is 4.79 Å². The maximum Gasteiger partial charge on any atom is 0.236 e. The summed E-state index contributed by atoms with van der Waals surface area (Å²) in [6.07, 6.45) is 3.21. The van der Waals surface area contributed by atoms with Crippen molar-refractivity contribution in [3.63, 3.8) is 0 Å². The van der Waals surface area contributed by atoms with Crippen molar-refractivity contribution in [1.82, 2.24) is 10.2 Å². The van der Waals surface area contributed by atoms with Crippen LogP contribution in [0.25, 0.3) is 0 Å². The Morgan fingerprint density at radius 3 is 2.57 bits per heavy atom. The summed E-state index contributed by atoms with van der Waals surface area (Å²) in [4.78, 5) is 12.8. The molecule has 0 spiro atoms. The second-order valence-electron chi connectivity index (χ2n) is 4.37. The van der Waals surface area contributed by atoms with E-state index in [4.69, 9.17) is 5.11 Å². The van der Waals surface area contributed by atoms with E-state index in [1.807, 2.05) is 0 Å². The van der Waals surface area contributed by atoms with E-state index < -0.39 is 0 Å². The minimum atomic E-state index is 0.102. The lowest BCUT2D eigenvalue weighted by molar-refractivity contribution is -0.127. The predicted octanol–water partition coefficient (Wildman–Crippen LogP) is -0.173. The van der Waals surface area contributed by atoms with Gasteiger partial charge >= 0.3 is 0 Å². The Morgan fingerprint density at radius 1 is 1.50 bits per heavy atom. The van der Waals surface area contributed by atoms with E-state index in [-0.39, 0.29) is 12.5 Å². The number of amides is 1. The smallest absolute Gasteiger partial charge is 0.236 e. The molecule has 0 aliphatic heterocycles. The quantitative estimate of drug-likeness (QED) is 0.626. The van der Waals surface area contributed by atoms with Crippen LogP contribution < -0.4 is 5.32 Å². The molecule has 2 N–H and O–H groups in total. The van der Waals surface area contributed by atoms with Gasteiger partial charge < -0.3 is 15.3 Å². The van der Waals surface area contributed by atoms with Crippen LogP contribution >= 0.6 is 0 Å². The van der Waals surface area contributed by atoms with Crippen molar-refractivity contribution >= 4 is 5.91 Å². The van der Waals surface area contributed by atoms with Gasteiger partial charge in [0.1, 0.15) is 0 Å². The Morgan fingerprint density at radius 2 is 2.14 bits per heavy atom. The molecule has 1 aliphatic carbocycles. The van der Waals surface area contributed by atoms with E-state index >= 15 is 0 Å². The second kappa shape index (κ2) is 4.75. The number of aliphatic hydroxyl groups excluding tert-OH is 1. The Kier molecular flexibility index (Phi) is 3.89. The maximum absolute atomic E-state index is 11.2. The minimum Gasteiger partial charge on any atom is -0.396 e. The summed E-state index contributed by atoms with van der Waals surface area (Å²) in [7, 11) is 3.51.